The molecule has 0 fully saturated rings. The lowest BCUT2D eigenvalue weighted by Crippen LogP contribution is -2.07. The zero-order chi connectivity index (χ0) is 32.0. The van der Waals surface area contributed by atoms with E-state index in [1.165, 1.54) is 12.1 Å². The van der Waals surface area contributed by atoms with Crippen LogP contribution in [0.4, 0.5) is 4.39 Å². The first-order chi connectivity index (χ1) is 21.1. The first kappa shape index (κ1) is 34.6. The quantitative estimate of drug-likeness (QED) is 0.127. The van der Waals surface area contributed by atoms with E-state index in [0.717, 1.165) is 43.2 Å². The Bertz CT molecular complexity index is 1490. The maximum absolute atomic E-state index is 13.5. The average molecular weight is 629 g/mol. The van der Waals surface area contributed by atoms with Crippen LogP contribution in [0, 0.1) is 5.82 Å². The highest BCUT2D eigenvalue weighted by molar-refractivity contribution is 7.91. The summed E-state index contributed by atoms with van der Waals surface area (Å²) in [5.74, 6) is -1.07. The molecule has 0 saturated carbocycles. The van der Waals surface area contributed by atoms with Crippen LogP contribution in [0.3, 0.4) is 0 Å². The van der Waals surface area contributed by atoms with Gasteiger partial charge in [-0.1, -0.05) is 44.0 Å². The van der Waals surface area contributed by atoms with Crippen molar-refractivity contribution in [1.29, 1.82) is 0 Å². The third kappa shape index (κ3) is 11.3. The Labute approximate surface area is 258 Å². The number of carboxylic acid groups (broad SMARTS) is 2. The molecule has 0 aliphatic rings. The molecule has 0 atom stereocenters. The number of unbranched alkanes of at least 4 members (excludes halogenated alkanes) is 3. The summed E-state index contributed by atoms with van der Waals surface area (Å²) in [6, 6.07) is 16.5. The molecule has 3 aromatic carbocycles. The minimum atomic E-state index is -3.49. The SMILES string of the molecule is CCCS(=O)(=O)c1cc(OCCCCCCc2cccc(OCCCC(=O)O)c2CCC(=O)O)cc(-c2ccc(F)cc2)c1. The summed E-state index contributed by atoms with van der Waals surface area (Å²) >= 11 is 0. The molecule has 44 heavy (non-hydrogen) atoms. The molecule has 2 N–H and O–H groups in total. The second-order valence-corrected chi connectivity index (χ2v) is 12.8. The molecule has 0 radical (unpaired) electrons. The second-order valence-electron chi connectivity index (χ2n) is 10.7. The van der Waals surface area contributed by atoms with Crippen molar-refractivity contribution in [1.82, 2.24) is 0 Å². The van der Waals surface area contributed by atoms with E-state index in [9.17, 15) is 27.5 Å². The van der Waals surface area contributed by atoms with E-state index in [1.54, 1.807) is 36.4 Å². The summed E-state index contributed by atoms with van der Waals surface area (Å²) in [7, 11) is -3.49. The molecular weight excluding hydrogens is 587 g/mol. The van der Waals surface area contributed by atoms with Gasteiger partial charge in [-0.05, 0) is 97.2 Å². The number of hydrogen-bond acceptors (Lipinski definition) is 6. The summed E-state index contributed by atoms with van der Waals surface area (Å²) in [5, 5.41) is 18.1. The normalized spacial score (nSPS) is 11.3. The van der Waals surface area contributed by atoms with Crippen LogP contribution in [-0.4, -0.2) is 49.5 Å². The van der Waals surface area contributed by atoms with E-state index in [4.69, 9.17) is 14.6 Å². The summed E-state index contributed by atoms with van der Waals surface area (Å²) in [4.78, 5) is 22.2. The smallest absolute Gasteiger partial charge is 0.303 e. The Kier molecular flexibility index (Phi) is 13.7. The van der Waals surface area contributed by atoms with Gasteiger partial charge in [-0.2, -0.15) is 0 Å². The van der Waals surface area contributed by atoms with Gasteiger partial charge in [0.2, 0.25) is 0 Å². The molecule has 0 saturated heterocycles. The Morgan fingerprint density at radius 3 is 2.18 bits per heavy atom. The van der Waals surface area contributed by atoms with Crippen molar-refractivity contribution in [3.63, 3.8) is 0 Å². The number of ether oxygens (including phenoxy) is 2. The van der Waals surface area contributed by atoms with Crippen molar-refractivity contribution in [2.45, 2.75) is 76.0 Å². The summed E-state index contributed by atoms with van der Waals surface area (Å²) in [5.41, 5.74) is 3.21. The molecule has 0 amide bonds. The zero-order valence-electron chi connectivity index (χ0n) is 25.1. The molecule has 3 aromatic rings. The first-order valence-corrected chi connectivity index (χ1v) is 16.7. The predicted molar refractivity (Wildman–Crippen MR) is 167 cm³/mol. The van der Waals surface area contributed by atoms with Crippen molar-refractivity contribution < 1.29 is 42.1 Å². The van der Waals surface area contributed by atoms with Gasteiger partial charge in [0.1, 0.15) is 17.3 Å². The van der Waals surface area contributed by atoms with Crippen LogP contribution in [0.15, 0.2) is 65.6 Å². The van der Waals surface area contributed by atoms with Crippen LogP contribution in [0.5, 0.6) is 11.5 Å². The number of hydrogen-bond donors (Lipinski definition) is 2. The number of aryl methyl sites for hydroxylation is 1. The number of halogens is 1. The molecule has 0 aliphatic carbocycles. The maximum atomic E-state index is 13.5. The van der Waals surface area contributed by atoms with E-state index in [-0.39, 0.29) is 35.9 Å². The van der Waals surface area contributed by atoms with E-state index in [0.29, 0.717) is 48.5 Å². The highest BCUT2D eigenvalue weighted by Gasteiger charge is 2.17. The lowest BCUT2D eigenvalue weighted by Gasteiger charge is -2.15. The van der Waals surface area contributed by atoms with Gasteiger partial charge in [0.05, 0.1) is 23.9 Å². The monoisotopic (exact) mass is 628 g/mol. The van der Waals surface area contributed by atoms with Gasteiger partial charge in [0, 0.05) is 12.8 Å². The predicted octanol–water partition coefficient (Wildman–Crippen LogP) is 7.12. The van der Waals surface area contributed by atoms with E-state index >= 15 is 0 Å². The van der Waals surface area contributed by atoms with Gasteiger partial charge in [0.25, 0.3) is 0 Å². The highest BCUT2D eigenvalue weighted by atomic mass is 32.2. The molecule has 0 heterocycles. The minimum absolute atomic E-state index is 0.00662. The van der Waals surface area contributed by atoms with Crippen molar-refractivity contribution in [2.75, 3.05) is 19.0 Å². The fraction of sp³-hybridized carbons (Fsp3) is 0.412. The van der Waals surface area contributed by atoms with Gasteiger partial charge in [-0.3, -0.25) is 9.59 Å². The number of sulfone groups is 1. The lowest BCUT2D eigenvalue weighted by atomic mass is 9.97. The van der Waals surface area contributed by atoms with Crippen molar-refractivity contribution >= 4 is 21.8 Å². The molecule has 238 valence electrons. The van der Waals surface area contributed by atoms with Gasteiger partial charge in [-0.25, -0.2) is 12.8 Å². The van der Waals surface area contributed by atoms with Crippen molar-refractivity contribution in [2.24, 2.45) is 0 Å². The number of carboxylic acids is 2. The van der Waals surface area contributed by atoms with Crippen LogP contribution < -0.4 is 9.47 Å². The van der Waals surface area contributed by atoms with Gasteiger partial charge in [-0.15, -0.1) is 0 Å². The Morgan fingerprint density at radius 2 is 1.48 bits per heavy atom. The highest BCUT2D eigenvalue weighted by Crippen LogP contribution is 2.30. The van der Waals surface area contributed by atoms with E-state index in [2.05, 4.69) is 0 Å². The van der Waals surface area contributed by atoms with Crippen LogP contribution in [0.2, 0.25) is 0 Å². The fourth-order valence-corrected chi connectivity index (χ4v) is 6.27. The van der Waals surface area contributed by atoms with Crippen LogP contribution in [-0.2, 0) is 32.3 Å². The summed E-state index contributed by atoms with van der Waals surface area (Å²) < 4.78 is 50.9. The van der Waals surface area contributed by atoms with Crippen molar-refractivity contribution in [3.8, 4) is 22.6 Å². The third-order valence-corrected chi connectivity index (χ3v) is 9.01. The third-order valence-electron chi connectivity index (χ3n) is 7.11. The Morgan fingerprint density at radius 1 is 0.773 bits per heavy atom. The number of aliphatic carboxylic acids is 2. The Hall–Kier alpha value is -3.92. The number of rotatable bonds is 20. The minimum Gasteiger partial charge on any atom is -0.494 e. The molecule has 3 rings (SSSR count). The van der Waals surface area contributed by atoms with E-state index in [1.807, 2.05) is 19.1 Å². The van der Waals surface area contributed by atoms with Crippen molar-refractivity contribution in [3.05, 3.63) is 77.6 Å². The maximum Gasteiger partial charge on any atom is 0.303 e. The van der Waals surface area contributed by atoms with E-state index < -0.39 is 21.8 Å². The summed E-state index contributed by atoms with van der Waals surface area (Å²) in [6.07, 6.45) is 5.36. The van der Waals surface area contributed by atoms with Crippen LogP contribution in [0.1, 0.15) is 69.4 Å². The molecule has 0 unspecified atom stereocenters. The average Bonchev–Trinajstić information content (AvgIpc) is 2.98. The molecule has 10 heteroatoms. The lowest BCUT2D eigenvalue weighted by molar-refractivity contribution is -0.138. The summed E-state index contributed by atoms with van der Waals surface area (Å²) in [6.45, 7) is 2.46. The molecule has 8 nitrogen and oxygen atoms in total. The number of carbonyl (C=O) groups is 2. The largest absolute Gasteiger partial charge is 0.494 e. The zero-order valence-corrected chi connectivity index (χ0v) is 25.9. The first-order valence-electron chi connectivity index (χ1n) is 15.0. The standard InChI is InChI=1S/C34H41FO8S/c1-2-21-44(40,41)30-23-27(25-13-15-28(35)16-14-25)22-29(24-30)42-19-6-4-3-5-9-26-10-7-11-32(31(26)17-18-34(38)39)43-20-8-12-33(36)37/h7,10-11,13-16,22-24H,2-6,8-9,12,17-21H2,1H3,(H,36,37)(H,38,39). The molecular formula is C34H41FO8S. The molecule has 0 aromatic heterocycles. The number of benzene rings is 3. The second kappa shape index (κ2) is 17.4. The topological polar surface area (TPSA) is 127 Å². The van der Waals surface area contributed by atoms with Crippen LogP contribution in [0.25, 0.3) is 11.1 Å². The van der Waals surface area contributed by atoms with Crippen LogP contribution >= 0.6 is 0 Å². The molecule has 0 bridgehead atoms. The van der Waals surface area contributed by atoms with Gasteiger partial charge >= 0.3 is 11.9 Å². The molecule has 0 spiro atoms. The molecule has 0 aliphatic heterocycles. The van der Waals surface area contributed by atoms with Gasteiger partial charge in [0.15, 0.2) is 9.84 Å². The van der Waals surface area contributed by atoms with Gasteiger partial charge < -0.3 is 19.7 Å². The fourth-order valence-electron chi connectivity index (χ4n) is 4.89. The Balaban J connectivity index is 1.56.